The molecule has 2 aliphatic rings. The molecular formula is C38H37F9O2. The minimum atomic E-state index is -4.84. The van der Waals surface area contributed by atoms with Crippen LogP contribution in [0.25, 0.3) is 11.1 Å². The summed E-state index contributed by atoms with van der Waals surface area (Å²) in [4.78, 5) is 0. The van der Waals surface area contributed by atoms with Crippen LogP contribution in [0.4, 0.5) is 39.5 Å². The zero-order chi connectivity index (χ0) is 35.3. The van der Waals surface area contributed by atoms with Gasteiger partial charge < -0.3 is 9.47 Å². The highest BCUT2D eigenvalue weighted by molar-refractivity contribution is 5.64. The summed E-state index contributed by atoms with van der Waals surface area (Å²) >= 11 is 0. The maximum absolute atomic E-state index is 15.0. The van der Waals surface area contributed by atoms with Crippen molar-refractivity contribution in [1.82, 2.24) is 0 Å². The highest BCUT2D eigenvalue weighted by atomic mass is 19.4. The third-order valence-electron chi connectivity index (χ3n) is 9.61. The highest BCUT2D eigenvalue weighted by Gasteiger charge is 2.41. The van der Waals surface area contributed by atoms with Gasteiger partial charge in [-0.1, -0.05) is 49.8 Å². The van der Waals surface area contributed by atoms with Crippen LogP contribution in [0, 0.1) is 41.0 Å². The standard InChI is InChI=1S/C38H37F9O2/c1-2-23-3-5-24(6-4-23)7-8-25-9-11-26(12-10-25)27-13-15-28(16-14-27)29-19-31(39)35(32(40)20-29)38(46,47)49-30-21-33(41)36(34(42)22-30)48-18-17-37(43,44)45/h7-8,13-26H,2-6,9-12H2,1H3. The molecule has 264 valence electrons. The van der Waals surface area contributed by atoms with Gasteiger partial charge in [0.05, 0.1) is 12.3 Å². The Labute approximate surface area is 279 Å². The lowest BCUT2D eigenvalue weighted by molar-refractivity contribution is -0.189. The van der Waals surface area contributed by atoms with Gasteiger partial charge in [0.2, 0.25) is 0 Å². The summed E-state index contributed by atoms with van der Waals surface area (Å²) in [6.45, 7) is 2.27. The first-order chi connectivity index (χ1) is 23.2. The van der Waals surface area contributed by atoms with Crippen LogP contribution < -0.4 is 9.47 Å². The largest absolute Gasteiger partial charge is 0.459 e. The van der Waals surface area contributed by atoms with Crippen LogP contribution in [-0.4, -0.2) is 6.18 Å². The summed E-state index contributed by atoms with van der Waals surface area (Å²) in [5.41, 5.74) is -0.310. The van der Waals surface area contributed by atoms with Crippen molar-refractivity contribution >= 4 is 0 Å². The molecule has 0 saturated heterocycles. The Morgan fingerprint density at radius 1 is 0.673 bits per heavy atom. The van der Waals surface area contributed by atoms with Crippen molar-refractivity contribution in [1.29, 1.82) is 0 Å². The Morgan fingerprint density at radius 3 is 1.71 bits per heavy atom. The number of benzene rings is 3. The summed E-state index contributed by atoms with van der Waals surface area (Å²) in [6.07, 6.45) is 5.42. The van der Waals surface area contributed by atoms with E-state index in [1.54, 1.807) is 12.1 Å². The molecule has 2 aliphatic carbocycles. The van der Waals surface area contributed by atoms with Gasteiger partial charge in [-0.2, -0.15) is 22.0 Å². The lowest BCUT2D eigenvalue weighted by atomic mass is 9.77. The molecule has 5 rings (SSSR count). The Morgan fingerprint density at radius 2 is 1.20 bits per heavy atom. The fourth-order valence-corrected chi connectivity index (χ4v) is 6.80. The van der Waals surface area contributed by atoms with Gasteiger partial charge in [-0.05, 0) is 104 Å². The Balaban J connectivity index is 1.21. The fourth-order valence-electron chi connectivity index (χ4n) is 6.80. The lowest BCUT2D eigenvalue weighted by Gasteiger charge is -2.29. The molecule has 0 aliphatic heterocycles. The summed E-state index contributed by atoms with van der Waals surface area (Å²) < 4.78 is 133. The summed E-state index contributed by atoms with van der Waals surface area (Å²) in [6, 6.07) is 8.89. The number of halogens is 9. The van der Waals surface area contributed by atoms with E-state index in [4.69, 9.17) is 0 Å². The molecule has 2 nitrogen and oxygen atoms in total. The predicted octanol–water partition coefficient (Wildman–Crippen LogP) is 12.5. The third kappa shape index (κ3) is 9.42. The van der Waals surface area contributed by atoms with Crippen molar-refractivity contribution < 1.29 is 49.0 Å². The Bertz CT molecular complexity index is 1580. The van der Waals surface area contributed by atoms with E-state index in [1.807, 2.05) is 12.1 Å². The second-order valence-electron chi connectivity index (χ2n) is 12.9. The monoisotopic (exact) mass is 696 g/mol. The maximum atomic E-state index is 15.0. The van der Waals surface area contributed by atoms with E-state index in [2.05, 4.69) is 28.5 Å². The van der Waals surface area contributed by atoms with Crippen LogP contribution in [0.1, 0.15) is 81.8 Å². The molecular weight excluding hydrogens is 659 g/mol. The molecule has 0 amide bonds. The number of allylic oxidation sites excluding steroid dienone is 3. The minimum absolute atomic E-state index is 0.00609. The predicted molar refractivity (Wildman–Crippen MR) is 168 cm³/mol. The van der Waals surface area contributed by atoms with E-state index in [0.29, 0.717) is 35.4 Å². The number of ether oxygens (including phenoxy) is 2. The molecule has 0 heterocycles. The van der Waals surface area contributed by atoms with Gasteiger partial charge in [-0.25, -0.2) is 17.6 Å². The van der Waals surface area contributed by atoms with Gasteiger partial charge in [0.1, 0.15) is 22.9 Å². The van der Waals surface area contributed by atoms with Gasteiger partial charge in [-0.15, -0.1) is 0 Å². The van der Waals surface area contributed by atoms with Crippen LogP contribution in [0.15, 0.2) is 73.0 Å². The molecule has 0 unspecified atom stereocenters. The second-order valence-corrected chi connectivity index (χ2v) is 12.9. The smallest absolute Gasteiger partial charge is 0.432 e. The van der Waals surface area contributed by atoms with Gasteiger partial charge >= 0.3 is 12.3 Å². The van der Waals surface area contributed by atoms with E-state index < -0.39 is 58.7 Å². The number of rotatable bonds is 10. The molecule has 3 aromatic carbocycles. The molecule has 0 radical (unpaired) electrons. The van der Waals surface area contributed by atoms with Crippen molar-refractivity contribution in [2.75, 3.05) is 0 Å². The molecule has 2 fully saturated rings. The molecule has 0 bridgehead atoms. The van der Waals surface area contributed by atoms with Crippen LogP contribution in [0.2, 0.25) is 0 Å². The summed E-state index contributed by atoms with van der Waals surface area (Å²) in [5.74, 6) is -6.76. The molecule has 2 saturated carbocycles. The van der Waals surface area contributed by atoms with Gasteiger partial charge in [0.25, 0.3) is 0 Å². The van der Waals surface area contributed by atoms with Gasteiger partial charge in [0, 0.05) is 12.1 Å². The first-order valence-electron chi connectivity index (χ1n) is 16.5. The van der Waals surface area contributed by atoms with Crippen molar-refractivity contribution in [3.05, 3.63) is 107 Å². The second kappa shape index (κ2) is 15.3. The van der Waals surface area contributed by atoms with Crippen molar-refractivity contribution in [3.8, 4) is 22.6 Å². The molecule has 49 heavy (non-hydrogen) atoms. The van der Waals surface area contributed by atoms with E-state index in [0.717, 1.165) is 37.2 Å². The van der Waals surface area contributed by atoms with E-state index in [-0.39, 0.29) is 24.0 Å². The quantitative estimate of drug-likeness (QED) is 0.119. The van der Waals surface area contributed by atoms with Crippen molar-refractivity contribution in [2.45, 2.75) is 82.9 Å². The number of hydrogen-bond donors (Lipinski definition) is 0. The molecule has 0 aromatic heterocycles. The van der Waals surface area contributed by atoms with Crippen LogP contribution in [0.3, 0.4) is 0 Å². The normalized spacial score (nSPS) is 22.2. The van der Waals surface area contributed by atoms with Crippen LogP contribution in [0.5, 0.6) is 11.5 Å². The van der Waals surface area contributed by atoms with Gasteiger partial charge in [0.15, 0.2) is 17.4 Å². The molecule has 0 N–H and O–H groups in total. The Hall–Kier alpha value is -3.89. The number of alkyl halides is 5. The average Bonchev–Trinajstić information content (AvgIpc) is 3.04. The van der Waals surface area contributed by atoms with Crippen molar-refractivity contribution in [2.24, 2.45) is 17.8 Å². The molecule has 0 atom stereocenters. The van der Waals surface area contributed by atoms with E-state index in [9.17, 15) is 30.7 Å². The fraction of sp³-hybridized carbons (Fsp3) is 0.421. The third-order valence-corrected chi connectivity index (χ3v) is 9.61. The maximum Gasteiger partial charge on any atom is 0.432 e. The SMILES string of the molecule is CCC1CCC(C=CC2CCC(c3ccc(-c4cc(F)c(C(F)(F)Oc5cc(F)c(OC=CC(F)(F)F)c(F)c5)c(F)c4)cc3)CC2)CC1. The Kier molecular flexibility index (Phi) is 11.4. The molecule has 0 spiro atoms. The van der Waals surface area contributed by atoms with E-state index >= 15 is 8.78 Å². The van der Waals surface area contributed by atoms with Crippen molar-refractivity contribution in [3.63, 3.8) is 0 Å². The zero-order valence-electron chi connectivity index (χ0n) is 26.8. The first-order valence-corrected chi connectivity index (χ1v) is 16.5. The summed E-state index contributed by atoms with van der Waals surface area (Å²) in [5, 5.41) is 0. The topological polar surface area (TPSA) is 18.5 Å². The lowest BCUT2D eigenvalue weighted by Crippen LogP contribution is -2.25. The minimum Gasteiger partial charge on any atom is -0.459 e. The average molecular weight is 697 g/mol. The van der Waals surface area contributed by atoms with E-state index in [1.165, 1.54) is 32.1 Å². The molecule has 3 aromatic rings. The zero-order valence-corrected chi connectivity index (χ0v) is 26.8. The van der Waals surface area contributed by atoms with Crippen LogP contribution in [-0.2, 0) is 6.11 Å². The highest BCUT2D eigenvalue weighted by Crippen LogP contribution is 2.41. The van der Waals surface area contributed by atoms with Crippen LogP contribution >= 0.6 is 0 Å². The van der Waals surface area contributed by atoms with Gasteiger partial charge in [-0.3, -0.25) is 0 Å². The molecule has 11 heteroatoms. The summed E-state index contributed by atoms with van der Waals surface area (Å²) in [7, 11) is 0. The first kappa shape index (κ1) is 36.4. The number of hydrogen-bond acceptors (Lipinski definition) is 2.